The van der Waals surface area contributed by atoms with E-state index in [1.807, 2.05) is 18.2 Å². The Labute approximate surface area is 113 Å². The van der Waals surface area contributed by atoms with Gasteiger partial charge in [0.1, 0.15) is 5.82 Å². The zero-order valence-electron chi connectivity index (χ0n) is 9.04. The summed E-state index contributed by atoms with van der Waals surface area (Å²) in [5, 5.41) is 6.72. The summed E-state index contributed by atoms with van der Waals surface area (Å²) in [6, 6.07) is 7.38. The molecule has 0 fully saturated rings. The number of halogens is 2. The molecule has 1 aromatic heterocycles. The molecule has 6 heteroatoms. The van der Waals surface area contributed by atoms with Crippen molar-refractivity contribution in [2.45, 2.75) is 0 Å². The molecule has 0 unspecified atom stereocenters. The quantitative estimate of drug-likeness (QED) is 0.907. The highest BCUT2D eigenvalue weighted by Gasteiger charge is 2.01. The third-order valence-corrected chi connectivity index (χ3v) is 3.29. The van der Waals surface area contributed by atoms with Gasteiger partial charge in [-0.15, -0.1) is 0 Å². The highest BCUT2D eigenvalue weighted by Crippen LogP contribution is 2.26. The number of aromatic nitrogens is 2. The Morgan fingerprint density at radius 3 is 2.82 bits per heavy atom. The van der Waals surface area contributed by atoms with E-state index in [0.717, 1.165) is 16.0 Å². The lowest BCUT2D eigenvalue weighted by atomic mass is 10.3. The molecular formula is C11H10BrClN4. The molecule has 0 radical (unpaired) electrons. The Morgan fingerprint density at radius 1 is 1.29 bits per heavy atom. The number of benzene rings is 1. The van der Waals surface area contributed by atoms with Crippen LogP contribution in [0.1, 0.15) is 0 Å². The maximum Gasteiger partial charge on any atom is 0.224 e. The van der Waals surface area contributed by atoms with Crippen LogP contribution in [0, 0.1) is 0 Å². The van der Waals surface area contributed by atoms with Gasteiger partial charge < -0.3 is 10.6 Å². The summed E-state index contributed by atoms with van der Waals surface area (Å²) < 4.78 is 0.840. The molecule has 17 heavy (non-hydrogen) atoms. The van der Waals surface area contributed by atoms with Gasteiger partial charge in [0.05, 0.1) is 5.02 Å². The van der Waals surface area contributed by atoms with E-state index in [2.05, 4.69) is 36.5 Å². The first-order valence-electron chi connectivity index (χ1n) is 4.92. The van der Waals surface area contributed by atoms with Gasteiger partial charge in [0.25, 0.3) is 0 Å². The molecule has 0 bridgehead atoms. The molecule has 0 aliphatic carbocycles. The lowest BCUT2D eigenvalue weighted by Gasteiger charge is -2.07. The van der Waals surface area contributed by atoms with E-state index in [-0.39, 0.29) is 0 Å². The summed E-state index contributed by atoms with van der Waals surface area (Å²) in [6.45, 7) is 0. The molecule has 0 saturated heterocycles. The number of rotatable bonds is 3. The second kappa shape index (κ2) is 5.33. The fourth-order valence-corrected chi connectivity index (χ4v) is 1.77. The topological polar surface area (TPSA) is 49.8 Å². The zero-order chi connectivity index (χ0) is 12.3. The lowest BCUT2D eigenvalue weighted by Crippen LogP contribution is -1.99. The van der Waals surface area contributed by atoms with Crippen molar-refractivity contribution in [2.75, 3.05) is 17.7 Å². The smallest absolute Gasteiger partial charge is 0.224 e. The van der Waals surface area contributed by atoms with Gasteiger partial charge in [0, 0.05) is 23.4 Å². The highest BCUT2D eigenvalue weighted by molar-refractivity contribution is 9.10. The standard InChI is InChI=1S/C11H10BrClN4/c1-14-11-15-5-4-10(17-11)16-7-2-3-9(13)8(12)6-7/h2-6H,1H3,(H2,14,15,16,17). The van der Waals surface area contributed by atoms with Crippen molar-refractivity contribution >= 4 is 45.0 Å². The monoisotopic (exact) mass is 312 g/mol. The van der Waals surface area contributed by atoms with Crippen LogP contribution in [0.2, 0.25) is 5.02 Å². The molecule has 2 N–H and O–H groups in total. The van der Waals surface area contributed by atoms with E-state index in [0.29, 0.717) is 11.0 Å². The Hall–Kier alpha value is -1.33. The van der Waals surface area contributed by atoms with E-state index >= 15 is 0 Å². The van der Waals surface area contributed by atoms with Gasteiger partial charge >= 0.3 is 0 Å². The number of nitrogens with zero attached hydrogens (tertiary/aromatic N) is 2. The molecule has 4 nitrogen and oxygen atoms in total. The minimum atomic E-state index is 0.572. The van der Waals surface area contributed by atoms with Crippen LogP contribution in [0.25, 0.3) is 0 Å². The second-order valence-electron chi connectivity index (χ2n) is 3.27. The molecule has 1 heterocycles. The van der Waals surface area contributed by atoms with Crippen LogP contribution in [0.15, 0.2) is 34.9 Å². The Kier molecular flexibility index (Phi) is 3.81. The van der Waals surface area contributed by atoms with Gasteiger partial charge in [-0.2, -0.15) is 4.98 Å². The van der Waals surface area contributed by atoms with Crippen LogP contribution in [0.5, 0.6) is 0 Å². The molecule has 2 rings (SSSR count). The summed E-state index contributed by atoms with van der Waals surface area (Å²) in [5.41, 5.74) is 0.905. The molecule has 0 aliphatic rings. The summed E-state index contributed by atoms with van der Waals surface area (Å²) >= 11 is 9.29. The first-order chi connectivity index (χ1) is 8.19. The summed E-state index contributed by atoms with van der Waals surface area (Å²) in [7, 11) is 1.78. The molecule has 0 spiro atoms. The van der Waals surface area contributed by atoms with Crippen LogP contribution in [0.4, 0.5) is 17.5 Å². The Bertz CT molecular complexity index is 533. The minimum Gasteiger partial charge on any atom is -0.357 e. The number of anilines is 3. The van der Waals surface area contributed by atoms with Gasteiger partial charge in [0.15, 0.2) is 0 Å². The predicted molar refractivity (Wildman–Crippen MR) is 74.0 cm³/mol. The minimum absolute atomic E-state index is 0.572. The van der Waals surface area contributed by atoms with Crippen molar-refractivity contribution in [3.63, 3.8) is 0 Å². The fraction of sp³-hybridized carbons (Fsp3) is 0.0909. The van der Waals surface area contributed by atoms with E-state index < -0.39 is 0 Å². The lowest BCUT2D eigenvalue weighted by molar-refractivity contribution is 1.15. The molecular weight excluding hydrogens is 304 g/mol. The van der Waals surface area contributed by atoms with E-state index in [1.165, 1.54) is 0 Å². The summed E-state index contributed by atoms with van der Waals surface area (Å²) in [6.07, 6.45) is 1.69. The average Bonchev–Trinajstić information content (AvgIpc) is 2.34. The van der Waals surface area contributed by atoms with Gasteiger partial charge in [-0.25, -0.2) is 4.98 Å². The SMILES string of the molecule is CNc1nccc(Nc2ccc(Cl)c(Br)c2)n1. The van der Waals surface area contributed by atoms with Crippen molar-refractivity contribution in [1.29, 1.82) is 0 Å². The molecule has 0 amide bonds. The molecule has 88 valence electrons. The first kappa shape index (κ1) is 12.1. The average molecular weight is 314 g/mol. The van der Waals surface area contributed by atoms with Gasteiger partial charge in [-0.3, -0.25) is 0 Å². The highest BCUT2D eigenvalue weighted by atomic mass is 79.9. The van der Waals surface area contributed by atoms with Crippen LogP contribution >= 0.6 is 27.5 Å². The molecule has 0 atom stereocenters. The third kappa shape index (κ3) is 3.08. The summed E-state index contributed by atoms with van der Waals surface area (Å²) in [4.78, 5) is 8.30. The van der Waals surface area contributed by atoms with Gasteiger partial charge in [-0.1, -0.05) is 11.6 Å². The maximum atomic E-state index is 5.92. The van der Waals surface area contributed by atoms with Gasteiger partial charge in [-0.05, 0) is 40.2 Å². The van der Waals surface area contributed by atoms with Crippen molar-refractivity contribution in [3.8, 4) is 0 Å². The molecule has 0 saturated carbocycles. The van der Waals surface area contributed by atoms with Crippen molar-refractivity contribution in [2.24, 2.45) is 0 Å². The number of hydrogen-bond donors (Lipinski definition) is 2. The van der Waals surface area contributed by atoms with E-state index in [4.69, 9.17) is 11.6 Å². The zero-order valence-corrected chi connectivity index (χ0v) is 11.4. The predicted octanol–water partition coefficient (Wildman–Crippen LogP) is 3.68. The van der Waals surface area contributed by atoms with Crippen molar-refractivity contribution < 1.29 is 0 Å². The molecule has 0 aliphatic heterocycles. The fourth-order valence-electron chi connectivity index (χ4n) is 1.27. The first-order valence-corrected chi connectivity index (χ1v) is 6.09. The van der Waals surface area contributed by atoms with Crippen molar-refractivity contribution in [3.05, 3.63) is 40.0 Å². The molecule has 1 aromatic carbocycles. The Morgan fingerprint density at radius 2 is 2.12 bits per heavy atom. The van der Waals surface area contributed by atoms with Crippen LogP contribution in [0.3, 0.4) is 0 Å². The second-order valence-corrected chi connectivity index (χ2v) is 4.53. The number of nitrogens with one attached hydrogen (secondary N) is 2. The van der Waals surface area contributed by atoms with E-state index in [9.17, 15) is 0 Å². The largest absolute Gasteiger partial charge is 0.357 e. The van der Waals surface area contributed by atoms with Gasteiger partial charge in [0.2, 0.25) is 5.95 Å². The normalized spacial score (nSPS) is 10.1. The van der Waals surface area contributed by atoms with Crippen molar-refractivity contribution in [1.82, 2.24) is 9.97 Å². The number of hydrogen-bond acceptors (Lipinski definition) is 4. The van der Waals surface area contributed by atoms with Crippen LogP contribution in [-0.4, -0.2) is 17.0 Å². The Balaban J connectivity index is 2.22. The maximum absolute atomic E-state index is 5.92. The molecule has 2 aromatic rings. The summed E-state index contributed by atoms with van der Waals surface area (Å²) in [5.74, 6) is 1.29. The third-order valence-electron chi connectivity index (χ3n) is 2.07. The van der Waals surface area contributed by atoms with Crippen LogP contribution in [-0.2, 0) is 0 Å². The van der Waals surface area contributed by atoms with Crippen LogP contribution < -0.4 is 10.6 Å². The van der Waals surface area contributed by atoms with E-state index in [1.54, 1.807) is 19.3 Å².